The SMILES string of the molecule is CCNS(=O)(=O)CCn1c(=O)[nH]cc(C(C)=O)c1=O. The number of carbonyl (C=O) groups is 1. The van der Waals surface area contributed by atoms with Crippen LogP contribution in [0, 0.1) is 0 Å². The molecule has 19 heavy (non-hydrogen) atoms. The Morgan fingerprint density at radius 2 is 2.05 bits per heavy atom. The van der Waals surface area contributed by atoms with Crippen molar-refractivity contribution in [3.8, 4) is 0 Å². The van der Waals surface area contributed by atoms with Crippen LogP contribution in [0.4, 0.5) is 0 Å². The second-order valence-electron chi connectivity index (χ2n) is 3.84. The number of nitrogens with zero attached hydrogens (tertiary/aromatic N) is 1. The van der Waals surface area contributed by atoms with E-state index in [9.17, 15) is 22.8 Å². The summed E-state index contributed by atoms with van der Waals surface area (Å²) in [4.78, 5) is 36.7. The summed E-state index contributed by atoms with van der Waals surface area (Å²) in [5.41, 5.74) is -1.72. The first-order valence-corrected chi connectivity index (χ1v) is 7.24. The summed E-state index contributed by atoms with van der Waals surface area (Å²) < 4.78 is 25.8. The molecule has 106 valence electrons. The zero-order valence-electron chi connectivity index (χ0n) is 10.6. The molecule has 0 atom stereocenters. The quantitative estimate of drug-likeness (QED) is 0.630. The van der Waals surface area contributed by atoms with Crippen LogP contribution in [0.25, 0.3) is 0 Å². The second-order valence-corrected chi connectivity index (χ2v) is 5.76. The van der Waals surface area contributed by atoms with Crippen LogP contribution in [0.1, 0.15) is 24.2 Å². The highest BCUT2D eigenvalue weighted by atomic mass is 32.2. The summed E-state index contributed by atoms with van der Waals surface area (Å²) >= 11 is 0. The normalized spacial score (nSPS) is 11.5. The van der Waals surface area contributed by atoms with Gasteiger partial charge in [0.2, 0.25) is 10.0 Å². The monoisotopic (exact) mass is 289 g/mol. The molecule has 0 aliphatic heterocycles. The predicted octanol–water partition coefficient (Wildman–Crippen LogP) is -1.32. The van der Waals surface area contributed by atoms with Gasteiger partial charge in [0.05, 0.1) is 11.3 Å². The highest BCUT2D eigenvalue weighted by molar-refractivity contribution is 7.89. The molecule has 0 aliphatic rings. The largest absolute Gasteiger partial charge is 0.328 e. The number of carbonyl (C=O) groups excluding carboxylic acids is 1. The molecule has 0 radical (unpaired) electrons. The third-order valence-electron chi connectivity index (χ3n) is 2.39. The van der Waals surface area contributed by atoms with E-state index in [0.717, 1.165) is 6.20 Å². The molecular weight excluding hydrogens is 274 g/mol. The van der Waals surface area contributed by atoms with Gasteiger partial charge < -0.3 is 4.98 Å². The van der Waals surface area contributed by atoms with E-state index >= 15 is 0 Å². The summed E-state index contributed by atoms with van der Waals surface area (Å²) in [5, 5.41) is 0. The molecule has 2 N–H and O–H groups in total. The summed E-state index contributed by atoms with van der Waals surface area (Å²) in [6.45, 7) is 2.72. The fourth-order valence-electron chi connectivity index (χ4n) is 1.47. The lowest BCUT2D eigenvalue weighted by Crippen LogP contribution is -2.40. The standard InChI is InChI=1S/C10H15N3O5S/c1-3-12-19(17,18)5-4-13-9(15)8(7(2)14)6-11-10(13)16/h6,12H,3-5H2,1-2H3,(H,11,16). The van der Waals surface area contributed by atoms with Crippen molar-refractivity contribution in [2.24, 2.45) is 0 Å². The van der Waals surface area contributed by atoms with Gasteiger partial charge in [0.15, 0.2) is 5.78 Å². The Morgan fingerprint density at radius 1 is 1.42 bits per heavy atom. The Morgan fingerprint density at radius 3 is 2.58 bits per heavy atom. The van der Waals surface area contributed by atoms with Gasteiger partial charge >= 0.3 is 5.69 Å². The Hall–Kier alpha value is -1.74. The van der Waals surface area contributed by atoms with Crippen molar-refractivity contribution in [3.63, 3.8) is 0 Å². The molecular formula is C10H15N3O5S. The molecule has 8 nitrogen and oxygen atoms in total. The topological polar surface area (TPSA) is 118 Å². The van der Waals surface area contributed by atoms with Gasteiger partial charge in [-0.2, -0.15) is 0 Å². The van der Waals surface area contributed by atoms with Crippen molar-refractivity contribution in [1.29, 1.82) is 0 Å². The lowest BCUT2D eigenvalue weighted by Gasteiger charge is -2.07. The molecule has 1 rings (SSSR count). The van der Waals surface area contributed by atoms with Gasteiger partial charge in [0.1, 0.15) is 0 Å². The van der Waals surface area contributed by atoms with Crippen molar-refractivity contribution < 1.29 is 13.2 Å². The highest BCUT2D eigenvalue weighted by Gasteiger charge is 2.14. The number of nitrogens with one attached hydrogen (secondary N) is 2. The van der Waals surface area contributed by atoms with Gasteiger partial charge in [0.25, 0.3) is 5.56 Å². The Labute approximate surface area is 109 Å². The van der Waals surface area contributed by atoms with Crippen molar-refractivity contribution in [2.75, 3.05) is 12.3 Å². The van der Waals surface area contributed by atoms with Crippen molar-refractivity contribution in [1.82, 2.24) is 14.3 Å². The number of aromatic amines is 1. The number of H-pyrrole nitrogens is 1. The van der Waals surface area contributed by atoms with Gasteiger partial charge in [-0.05, 0) is 6.92 Å². The smallest absolute Gasteiger partial charge is 0.313 e. The summed E-state index contributed by atoms with van der Waals surface area (Å²) in [5.74, 6) is -0.907. The van der Waals surface area contributed by atoms with Crippen LogP contribution in [0.2, 0.25) is 0 Å². The Kier molecular flexibility index (Phi) is 4.78. The number of hydrogen-bond donors (Lipinski definition) is 2. The van der Waals surface area contributed by atoms with E-state index < -0.39 is 32.8 Å². The molecule has 0 unspecified atom stereocenters. The van der Waals surface area contributed by atoms with E-state index in [0.29, 0.717) is 4.57 Å². The summed E-state index contributed by atoms with van der Waals surface area (Å²) in [6, 6.07) is 0. The van der Waals surface area contributed by atoms with Crippen LogP contribution in [-0.4, -0.2) is 36.0 Å². The molecule has 9 heteroatoms. The van der Waals surface area contributed by atoms with Gasteiger partial charge in [-0.3, -0.25) is 14.2 Å². The van der Waals surface area contributed by atoms with E-state index in [-0.39, 0.29) is 18.7 Å². The minimum absolute atomic E-state index is 0.180. The van der Waals surface area contributed by atoms with Crippen LogP contribution < -0.4 is 16.0 Å². The predicted molar refractivity (Wildman–Crippen MR) is 68.8 cm³/mol. The fraction of sp³-hybridized carbons (Fsp3) is 0.500. The van der Waals surface area contributed by atoms with Crippen molar-refractivity contribution >= 4 is 15.8 Å². The third-order valence-corrected chi connectivity index (χ3v) is 3.84. The van der Waals surface area contributed by atoms with Crippen LogP contribution in [-0.2, 0) is 16.6 Å². The maximum atomic E-state index is 11.8. The number of ketones is 1. The van der Waals surface area contributed by atoms with E-state index in [1.807, 2.05) is 0 Å². The van der Waals surface area contributed by atoms with E-state index in [1.54, 1.807) is 6.92 Å². The molecule has 0 saturated carbocycles. The molecule has 0 amide bonds. The van der Waals surface area contributed by atoms with Crippen molar-refractivity contribution in [2.45, 2.75) is 20.4 Å². The lowest BCUT2D eigenvalue weighted by atomic mass is 10.2. The molecule has 1 heterocycles. The van der Waals surface area contributed by atoms with Gasteiger partial charge in [-0.1, -0.05) is 6.92 Å². The third kappa shape index (κ3) is 3.86. The average Bonchev–Trinajstić information content (AvgIpc) is 2.27. The summed E-state index contributed by atoms with van der Waals surface area (Å²) in [7, 11) is -3.54. The van der Waals surface area contributed by atoms with E-state index in [4.69, 9.17) is 0 Å². The van der Waals surface area contributed by atoms with Crippen molar-refractivity contribution in [3.05, 3.63) is 32.6 Å². The maximum absolute atomic E-state index is 11.8. The molecule has 0 aliphatic carbocycles. The summed E-state index contributed by atoms with van der Waals surface area (Å²) in [6.07, 6.45) is 1.03. The molecule has 0 saturated heterocycles. The van der Waals surface area contributed by atoms with Crippen LogP contribution in [0.15, 0.2) is 15.8 Å². The minimum atomic E-state index is -3.54. The molecule has 1 aromatic heterocycles. The van der Waals surface area contributed by atoms with Crippen LogP contribution in [0.5, 0.6) is 0 Å². The van der Waals surface area contributed by atoms with Gasteiger partial charge in [0, 0.05) is 19.3 Å². The fourth-order valence-corrected chi connectivity index (χ4v) is 2.48. The molecule has 0 fully saturated rings. The zero-order valence-corrected chi connectivity index (χ0v) is 11.4. The lowest BCUT2D eigenvalue weighted by molar-refractivity contribution is 0.101. The Balaban J connectivity index is 3.09. The zero-order chi connectivity index (χ0) is 14.6. The van der Waals surface area contributed by atoms with E-state index in [1.165, 1.54) is 6.92 Å². The number of aromatic nitrogens is 2. The second kappa shape index (κ2) is 5.93. The highest BCUT2D eigenvalue weighted by Crippen LogP contribution is 1.90. The number of Topliss-reactive ketones (excluding diaryl/α,β-unsaturated/α-hetero) is 1. The van der Waals surface area contributed by atoms with Crippen LogP contribution >= 0.6 is 0 Å². The molecule has 0 bridgehead atoms. The first-order valence-electron chi connectivity index (χ1n) is 5.59. The average molecular weight is 289 g/mol. The molecule has 1 aromatic rings. The van der Waals surface area contributed by atoms with Gasteiger partial charge in [-0.15, -0.1) is 0 Å². The molecule has 0 aromatic carbocycles. The first kappa shape index (κ1) is 15.3. The number of hydrogen-bond acceptors (Lipinski definition) is 5. The number of rotatable bonds is 6. The number of sulfonamides is 1. The molecule has 0 spiro atoms. The maximum Gasteiger partial charge on any atom is 0.328 e. The van der Waals surface area contributed by atoms with E-state index in [2.05, 4.69) is 9.71 Å². The van der Waals surface area contributed by atoms with Crippen LogP contribution in [0.3, 0.4) is 0 Å². The first-order chi connectivity index (χ1) is 8.78. The Bertz CT molecular complexity index is 686. The minimum Gasteiger partial charge on any atom is -0.313 e. The van der Waals surface area contributed by atoms with Gasteiger partial charge in [-0.25, -0.2) is 17.9 Å².